The second kappa shape index (κ2) is 10.00. The molecule has 6 atom stereocenters. The third-order valence-electron chi connectivity index (χ3n) is 8.92. The molecule has 0 spiro atoms. The molecule has 1 saturated heterocycles. The summed E-state index contributed by atoms with van der Waals surface area (Å²) < 4.78 is 41.1. The van der Waals surface area contributed by atoms with Crippen molar-refractivity contribution in [2.24, 2.45) is 23.2 Å². The summed E-state index contributed by atoms with van der Waals surface area (Å²) in [7, 11) is 0. The lowest BCUT2D eigenvalue weighted by Crippen LogP contribution is -2.54. The van der Waals surface area contributed by atoms with Gasteiger partial charge in [-0.05, 0) is 87.5 Å². The molecular formula is C26H40F3NO3. The Kier molecular flexibility index (Phi) is 7.64. The predicted octanol–water partition coefficient (Wildman–Crippen LogP) is 5.21. The zero-order valence-electron chi connectivity index (χ0n) is 20.0. The van der Waals surface area contributed by atoms with E-state index in [1.807, 2.05) is 0 Å². The Balaban J connectivity index is 1.32. The molecule has 2 N–H and O–H groups in total. The van der Waals surface area contributed by atoms with Gasteiger partial charge in [-0.1, -0.05) is 37.1 Å². The van der Waals surface area contributed by atoms with E-state index in [2.05, 4.69) is 35.6 Å². The third-order valence-corrected chi connectivity index (χ3v) is 8.92. The summed E-state index contributed by atoms with van der Waals surface area (Å²) in [4.78, 5) is 2.08. The van der Waals surface area contributed by atoms with Crippen LogP contribution in [0.15, 0.2) is 23.3 Å². The number of hydrogen-bond donors (Lipinski definition) is 2. The van der Waals surface area contributed by atoms with E-state index in [4.69, 9.17) is 0 Å². The van der Waals surface area contributed by atoms with Gasteiger partial charge in [0, 0.05) is 13.1 Å². The van der Waals surface area contributed by atoms with E-state index in [9.17, 15) is 23.4 Å². The van der Waals surface area contributed by atoms with Crippen LogP contribution < -0.4 is 0 Å². The molecule has 0 radical (unpaired) electrons. The minimum atomic E-state index is -4.53. The molecule has 1 heterocycles. The van der Waals surface area contributed by atoms with Crippen LogP contribution in [0.25, 0.3) is 0 Å². The van der Waals surface area contributed by atoms with Crippen LogP contribution in [0.5, 0.6) is 0 Å². The number of halogens is 3. The van der Waals surface area contributed by atoms with Crippen LogP contribution in [-0.2, 0) is 4.74 Å². The molecule has 0 aromatic heterocycles. The first-order valence-corrected chi connectivity index (χ1v) is 12.7. The van der Waals surface area contributed by atoms with Gasteiger partial charge in [0.1, 0.15) is 0 Å². The van der Waals surface area contributed by atoms with Crippen molar-refractivity contribution in [3.8, 4) is 0 Å². The summed E-state index contributed by atoms with van der Waals surface area (Å²) in [6, 6.07) is 0. The number of likely N-dealkylation sites (tertiary alicyclic amines) is 1. The molecule has 1 aliphatic heterocycles. The van der Waals surface area contributed by atoms with E-state index >= 15 is 0 Å². The number of aliphatic hydroxyl groups is 2. The average Bonchev–Trinajstić information content (AvgIpc) is 3.03. The molecule has 188 valence electrons. The van der Waals surface area contributed by atoms with Gasteiger partial charge >= 0.3 is 6.36 Å². The number of nitrogens with zero attached hydrogens (tertiary/aromatic N) is 1. The van der Waals surface area contributed by atoms with Gasteiger partial charge in [-0.3, -0.25) is 9.64 Å². The van der Waals surface area contributed by atoms with E-state index in [1.54, 1.807) is 0 Å². The molecule has 0 bridgehead atoms. The summed E-state index contributed by atoms with van der Waals surface area (Å²) in [5.74, 6) is 1.77. The molecule has 7 heteroatoms. The van der Waals surface area contributed by atoms with Crippen LogP contribution in [0, 0.1) is 23.2 Å². The highest BCUT2D eigenvalue weighted by molar-refractivity contribution is 5.26. The SMILES string of the molecule is CC(CCN1CC(OC(F)(F)F)C1)[C@H]1CC[C@H]2/C(=C/C=C3C[C@@H](O)C[C@H](O)C3)CCC[C@]12C. The third kappa shape index (κ3) is 6.03. The van der Waals surface area contributed by atoms with Gasteiger partial charge in [0.25, 0.3) is 0 Å². The number of fused-ring (bicyclic) bond motifs is 1. The molecule has 4 aliphatic rings. The Bertz CT molecular complexity index is 734. The summed E-state index contributed by atoms with van der Waals surface area (Å²) in [5.41, 5.74) is 2.95. The van der Waals surface area contributed by atoms with Gasteiger partial charge in [-0.15, -0.1) is 13.2 Å². The summed E-state index contributed by atoms with van der Waals surface area (Å²) in [6.45, 7) is 6.38. The van der Waals surface area contributed by atoms with Crippen molar-refractivity contribution in [2.75, 3.05) is 19.6 Å². The number of alkyl halides is 3. The second-order valence-corrected chi connectivity index (χ2v) is 11.3. The first-order valence-electron chi connectivity index (χ1n) is 12.7. The molecule has 4 rings (SSSR count). The van der Waals surface area contributed by atoms with Crippen molar-refractivity contribution in [1.29, 1.82) is 0 Å². The highest BCUT2D eigenvalue weighted by atomic mass is 19.4. The molecule has 0 aromatic carbocycles. The van der Waals surface area contributed by atoms with Crippen molar-refractivity contribution in [1.82, 2.24) is 4.90 Å². The van der Waals surface area contributed by atoms with Crippen LogP contribution in [0.1, 0.15) is 71.6 Å². The summed E-state index contributed by atoms with van der Waals surface area (Å²) in [5, 5.41) is 19.9. The molecular weight excluding hydrogens is 431 g/mol. The highest BCUT2D eigenvalue weighted by Gasteiger charge is 2.50. The van der Waals surface area contributed by atoms with Crippen molar-refractivity contribution < 1.29 is 28.1 Å². The van der Waals surface area contributed by atoms with Crippen molar-refractivity contribution in [3.63, 3.8) is 0 Å². The van der Waals surface area contributed by atoms with Crippen LogP contribution in [0.3, 0.4) is 0 Å². The zero-order valence-corrected chi connectivity index (χ0v) is 20.0. The van der Waals surface area contributed by atoms with Crippen LogP contribution in [0.2, 0.25) is 0 Å². The first-order chi connectivity index (χ1) is 15.5. The lowest BCUT2D eigenvalue weighted by atomic mass is 9.61. The predicted molar refractivity (Wildman–Crippen MR) is 121 cm³/mol. The largest absolute Gasteiger partial charge is 0.522 e. The molecule has 0 amide bonds. The summed E-state index contributed by atoms with van der Waals surface area (Å²) >= 11 is 0. The van der Waals surface area contributed by atoms with Gasteiger partial charge in [0.15, 0.2) is 0 Å². The Morgan fingerprint density at radius 3 is 2.52 bits per heavy atom. The Morgan fingerprint density at radius 1 is 1.15 bits per heavy atom. The Labute approximate surface area is 195 Å². The van der Waals surface area contributed by atoms with Crippen molar-refractivity contribution in [2.45, 2.75) is 96.3 Å². The van der Waals surface area contributed by atoms with Gasteiger partial charge < -0.3 is 10.2 Å². The fraction of sp³-hybridized carbons (Fsp3) is 0.846. The van der Waals surface area contributed by atoms with Crippen LogP contribution >= 0.6 is 0 Å². The standard InChI is InChI=1S/C26H40F3NO3/c1-17(9-11-30-15-22(16-30)33-26(27,28)29)23-7-8-24-19(4-3-10-25(23,24)2)6-5-18-12-20(31)14-21(32)13-18/h5-6,17,20-24,31-32H,3-4,7-16H2,1-2H3/b19-6+/t17?,20-,21-,23-,24+,25-/m1/s1. The minimum Gasteiger partial charge on any atom is -0.393 e. The number of hydrogen-bond acceptors (Lipinski definition) is 4. The van der Waals surface area contributed by atoms with E-state index in [0.717, 1.165) is 25.0 Å². The number of ether oxygens (including phenoxy) is 1. The van der Waals surface area contributed by atoms with Crippen LogP contribution in [-0.4, -0.2) is 59.4 Å². The maximum absolute atomic E-state index is 12.3. The zero-order chi connectivity index (χ0) is 23.8. The smallest absolute Gasteiger partial charge is 0.393 e. The molecule has 3 aliphatic carbocycles. The lowest BCUT2D eigenvalue weighted by Gasteiger charge is -2.45. The molecule has 3 saturated carbocycles. The van der Waals surface area contributed by atoms with E-state index in [0.29, 0.717) is 50.1 Å². The molecule has 1 unspecified atom stereocenters. The Morgan fingerprint density at radius 2 is 1.85 bits per heavy atom. The maximum Gasteiger partial charge on any atom is 0.522 e. The van der Waals surface area contributed by atoms with Crippen molar-refractivity contribution in [3.05, 3.63) is 23.3 Å². The molecule has 4 fully saturated rings. The van der Waals surface area contributed by atoms with E-state index < -0.39 is 24.7 Å². The van der Waals surface area contributed by atoms with Gasteiger partial charge in [0.2, 0.25) is 0 Å². The number of rotatable bonds is 6. The number of allylic oxidation sites excluding steroid dienone is 3. The monoisotopic (exact) mass is 471 g/mol. The van der Waals surface area contributed by atoms with E-state index in [1.165, 1.54) is 31.3 Å². The fourth-order valence-corrected chi connectivity index (χ4v) is 7.30. The second-order valence-electron chi connectivity index (χ2n) is 11.3. The van der Waals surface area contributed by atoms with Gasteiger partial charge in [-0.2, -0.15) is 0 Å². The fourth-order valence-electron chi connectivity index (χ4n) is 7.30. The first kappa shape index (κ1) is 25.2. The van der Waals surface area contributed by atoms with Crippen LogP contribution in [0.4, 0.5) is 13.2 Å². The quantitative estimate of drug-likeness (QED) is 0.559. The lowest BCUT2D eigenvalue weighted by molar-refractivity contribution is -0.354. The summed E-state index contributed by atoms with van der Waals surface area (Å²) in [6.07, 6.45) is 7.13. The van der Waals surface area contributed by atoms with E-state index in [-0.39, 0.29) is 5.41 Å². The average molecular weight is 472 g/mol. The molecule has 0 aromatic rings. The minimum absolute atomic E-state index is 0.282. The molecule has 4 nitrogen and oxygen atoms in total. The highest BCUT2D eigenvalue weighted by Crippen LogP contribution is 2.59. The molecule has 33 heavy (non-hydrogen) atoms. The maximum atomic E-state index is 12.3. The normalized spacial score (nSPS) is 38.3. The van der Waals surface area contributed by atoms with Gasteiger partial charge in [0.05, 0.1) is 18.3 Å². The number of aliphatic hydroxyl groups excluding tert-OH is 2. The van der Waals surface area contributed by atoms with Gasteiger partial charge in [-0.25, -0.2) is 0 Å². The Hall–Kier alpha value is -0.890. The topological polar surface area (TPSA) is 52.9 Å². The van der Waals surface area contributed by atoms with Crippen molar-refractivity contribution >= 4 is 0 Å².